The van der Waals surface area contributed by atoms with Crippen molar-refractivity contribution in [2.75, 3.05) is 42.6 Å². The molecule has 0 aliphatic carbocycles. The van der Waals surface area contributed by atoms with Gasteiger partial charge in [-0.2, -0.15) is 11.8 Å². The Balaban J connectivity index is 1.54. The molecule has 6 heteroatoms. The van der Waals surface area contributed by atoms with Crippen LogP contribution in [0.25, 0.3) is 0 Å². The molecule has 2 heterocycles. The Kier molecular flexibility index (Phi) is 7.90. The molecule has 1 atom stereocenters. The van der Waals surface area contributed by atoms with Gasteiger partial charge in [0.1, 0.15) is 0 Å². The quantitative estimate of drug-likeness (QED) is 0.539. The van der Waals surface area contributed by atoms with E-state index < -0.39 is 0 Å². The summed E-state index contributed by atoms with van der Waals surface area (Å²) in [7, 11) is 0. The van der Waals surface area contributed by atoms with Crippen LogP contribution in [0, 0.1) is 0 Å². The van der Waals surface area contributed by atoms with E-state index in [0.717, 1.165) is 32.1 Å². The number of thioether (sulfide) groups is 1. The normalized spacial score (nSPS) is 16.2. The van der Waals surface area contributed by atoms with E-state index in [1.807, 2.05) is 23.1 Å². The molecule has 3 rings (SSSR count). The van der Waals surface area contributed by atoms with Crippen LogP contribution in [0.15, 0.2) is 46.8 Å². The van der Waals surface area contributed by atoms with Crippen LogP contribution >= 0.6 is 23.1 Å². The Hall–Kier alpha value is -1.66. The molecule has 1 unspecified atom stereocenters. The smallest absolute Gasteiger partial charge is 0.191 e. The minimum atomic E-state index is 0.482. The van der Waals surface area contributed by atoms with Gasteiger partial charge in [0.2, 0.25) is 0 Å². The number of guanidine groups is 1. The zero-order chi connectivity index (χ0) is 18.9. The van der Waals surface area contributed by atoms with Crippen molar-refractivity contribution in [1.82, 2.24) is 10.6 Å². The SMILES string of the molecule is CCNC(=NCc1ccc(N2CCSCC2)cc1)NCC(C)c1cccs1. The van der Waals surface area contributed by atoms with E-state index in [2.05, 4.69) is 71.2 Å². The Morgan fingerprint density at radius 3 is 2.59 bits per heavy atom. The maximum absolute atomic E-state index is 4.76. The Labute approximate surface area is 171 Å². The summed E-state index contributed by atoms with van der Waals surface area (Å²) in [5, 5.41) is 8.96. The molecule has 0 spiro atoms. The lowest BCUT2D eigenvalue weighted by Gasteiger charge is -2.28. The van der Waals surface area contributed by atoms with Crippen LogP contribution < -0.4 is 15.5 Å². The number of nitrogens with zero attached hydrogens (tertiary/aromatic N) is 2. The number of anilines is 1. The number of nitrogens with one attached hydrogen (secondary N) is 2. The summed E-state index contributed by atoms with van der Waals surface area (Å²) in [6.45, 7) is 9.10. The highest BCUT2D eigenvalue weighted by Gasteiger charge is 2.11. The van der Waals surface area contributed by atoms with Crippen molar-refractivity contribution >= 4 is 34.7 Å². The Morgan fingerprint density at radius 2 is 1.93 bits per heavy atom. The molecule has 2 aromatic rings. The van der Waals surface area contributed by atoms with E-state index in [1.54, 1.807) is 0 Å². The molecule has 1 aromatic heterocycles. The Morgan fingerprint density at radius 1 is 1.15 bits per heavy atom. The van der Waals surface area contributed by atoms with Crippen molar-refractivity contribution in [2.45, 2.75) is 26.3 Å². The van der Waals surface area contributed by atoms with Crippen molar-refractivity contribution < 1.29 is 0 Å². The third-order valence-electron chi connectivity index (χ3n) is 4.68. The van der Waals surface area contributed by atoms with E-state index in [-0.39, 0.29) is 0 Å². The van der Waals surface area contributed by atoms with Crippen LogP contribution in [0.3, 0.4) is 0 Å². The van der Waals surface area contributed by atoms with Crippen molar-refractivity contribution in [3.8, 4) is 0 Å². The summed E-state index contributed by atoms with van der Waals surface area (Å²) >= 11 is 3.86. The predicted molar refractivity (Wildman–Crippen MR) is 122 cm³/mol. The number of benzene rings is 1. The number of rotatable bonds is 7. The molecule has 0 bridgehead atoms. The number of thiophene rings is 1. The third-order valence-corrected chi connectivity index (χ3v) is 6.73. The minimum absolute atomic E-state index is 0.482. The van der Waals surface area contributed by atoms with E-state index in [1.165, 1.54) is 27.6 Å². The van der Waals surface area contributed by atoms with Crippen LogP contribution in [-0.2, 0) is 6.54 Å². The summed E-state index contributed by atoms with van der Waals surface area (Å²) in [5.74, 6) is 3.83. The highest BCUT2D eigenvalue weighted by molar-refractivity contribution is 7.99. The summed E-state index contributed by atoms with van der Waals surface area (Å²) in [6, 6.07) is 13.2. The van der Waals surface area contributed by atoms with Crippen LogP contribution in [0.4, 0.5) is 5.69 Å². The highest BCUT2D eigenvalue weighted by Crippen LogP contribution is 2.21. The highest BCUT2D eigenvalue weighted by atomic mass is 32.2. The van der Waals surface area contributed by atoms with Gasteiger partial charge in [-0.05, 0) is 36.1 Å². The number of hydrogen-bond acceptors (Lipinski definition) is 4. The van der Waals surface area contributed by atoms with E-state index in [9.17, 15) is 0 Å². The molecule has 1 aliphatic heterocycles. The van der Waals surface area contributed by atoms with Gasteiger partial charge >= 0.3 is 0 Å². The fourth-order valence-corrected chi connectivity index (χ4v) is 4.76. The zero-order valence-electron chi connectivity index (χ0n) is 16.3. The molecule has 146 valence electrons. The molecule has 0 amide bonds. The van der Waals surface area contributed by atoms with Crippen LogP contribution in [0.5, 0.6) is 0 Å². The second-order valence-corrected chi connectivity index (χ2v) is 8.96. The van der Waals surface area contributed by atoms with Gasteiger partial charge in [-0.1, -0.05) is 25.1 Å². The predicted octanol–water partition coefficient (Wildman–Crippen LogP) is 4.16. The minimum Gasteiger partial charge on any atom is -0.370 e. The lowest BCUT2D eigenvalue weighted by Crippen LogP contribution is -2.39. The first-order chi connectivity index (χ1) is 13.3. The van der Waals surface area contributed by atoms with Gasteiger partial charge in [0.25, 0.3) is 0 Å². The molecule has 27 heavy (non-hydrogen) atoms. The van der Waals surface area contributed by atoms with Gasteiger partial charge in [-0.3, -0.25) is 0 Å². The van der Waals surface area contributed by atoms with E-state index >= 15 is 0 Å². The van der Waals surface area contributed by atoms with Gasteiger partial charge in [0.15, 0.2) is 5.96 Å². The lowest BCUT2D eigenvalue weighted by molar-refractivity contribution is 0.709. The van der Waals surface area contributed by atoms with Crippen LogP contribution in [0.2, 0.25) is 0 Å². The lowest BCUT2D eigenvalue weighted by atomic mass is 10.1. The van der Waals surface area contributed by atoms with Crippen molar-refractivity contribution in [1.29, 1.82) is 0 Å². The molecule has 1 fully saturated rings. The third kappa shape index (κ3) is 6.18. The maximum Gasteiger partial charge on any atom is 0.191 e. The summed E-state index contributed by atoms with van der Waals surface area (Å²) in [6.07, 6.45) is 0. The van der Waals surface area contributed by atoms with E-state index in [0.29, 0.717) is 12.5 Å². The van der Waals surface area contributed by atoms with Gasteiger partial charge in [0.05, 0.1) is 6.54 Å². The maximum atomic E-state index is 4.76. The molecule has 1 aromatic carbocycles. The van der Waals surface area contributed by atoms with Gasteiger partial charge in [-0.15, -0.1) is 11.3 Å². The molecule has 2 N–H and O–H groups in total. The van der Waals surface area contributed by atoms with Crippen molar-refractivity contribution in [3.05, 3.63) is 52.2 Å². The van der Waals surface area contributed by atoms with Gasteiger partial charge in [-0.25, -0.2) is 4.99 Å². The van der Waals surface area contributed by atoms with Crippen LogP contribution in [-0.4, -0.2) is 43.6 Å². The molecule has 1 saturated heterocycles. The molecule has 0 saturated carbocycles. The second-order valence-electron chi connectivity index (χ2n) is 6.76. The first-order valence-corrected chi connectivity index (χ1v) is 11.8. The molecule has 1 aliphatic rings. The monoisotopic (exact) mass is 402 g/mol. The fraction of sp³-hybridized carbons (Fsp3) is 0.476. The largest absolute Gasteiger partial charge is 0.370 e. The van der Waals surface area contributed by atoms with Crippen LogP contribution in [0.1, 0.15) is 30.2 Å². The standard InChI is InChI=1S/C21H30N4S2/c1-3-22-21(23-15-17(2)20-5-4-12-27-20)24-16-18-6-8-19(9-7-18)25-10-13-26-14-11-25/h4-9,12,17H,3,10-11,13-16H2,1-2H3,(H2,22,23,24). The first kappa shape index (κ1) is 20.1. The fourth-order valence-electron chi connectivity index (χ4n) is 3.07. The van der Waals surface area contributed by atoms with Gasteiger partial charge < -0.3 is 15.5 Å². The first-order valence-electron chi connectivity index (χ1n) is 9.73. The molecule has 4 nitrogen and oxygen atoms in total. The summed E-state index contributed by atoms with van der Waals surface area (Å²) < 4.78 is 0. The molecule has 0 radical (unpaired) electrons. The second kappa shape index (κ2) is 10.6. The summed E-state index contributed by atoms with van der Waals surface area (Å²) in [4.78, 5) is 8.64. The van der Waals surface area contributed by atoms with Crippen molar-refractivity contribution in [3.63, 3.8) is 0 Å². The van der Waals surface area contributed by atoms with Gasteiger partial charge in [0, 0.05) is 54.2 Å². The average molecular weight is 403 g/mol. The number of aliphatic imine (C=N–C) groups is 1. The number of hydrogen-bond donors (Lipinski definition) is 2. The van der Waals surface area contributed by atoms with Crippen molar-refractivity contribution in [2.24, 2.45) is 4.99 Å². The van der Waals surface area contributed by atoms with E-state index in [4.69, 9.17) is 4.99 Å². The molecular weight excluding hydrogens is 372 g/mol. The average Bonchev–Trinajstić information content (AvgIpc) is 3.26. The summed E-state index contributed by atoms with van der Waals surface area (Å²) in [5.41, 5.74) is 2.58. The Bertz CT molecular complexity index is 691. The zero-order valence-corrected chi connectivity index (χ0v) is 17.9. The topological polar surface area (TPSA) is 39.7 Å². The molecular formula is C21H30N4S2.